The monoisotopic (exact) mass is 493 g/mol. The number of amides is 3. The minimum Gasteiger partial charge on any atom is -0.496 e. The number of hydrogen-bond donors (Lipinski definition) is 1. The highest BCUT2D eigenvalue weighted by molar-refractivity contribution is 5.85. The molecule has 0 saturated carbocycles. The first-order chi connectivity index (χ1) is 16.4. The Hall–Kier alpha value is -2.91. The van der Waals surface area contributed by atoms with Crippen molar-refractivity contribution in [3.8, 4) is 5.75 Å². The molecular weight excluding hydrogens is 460 g/mol. The Balaban J connectivity index is 1.49. The van der Waals surface area contributed by atoms with E-state index in [2.05, 4.69) is 5.32 Å². The lowest BCUT2D eigenvalue weighted by Gasteiger charge is -2.41. The van der Waals surface area contributed by atoms with E-state index >= 15 is 0 Å². The van der Waals surface area contributed by atoms with Gasteiger partial charge in [0, 0.05) is 17.6 Å². The van der Waals surface area contributed by atoms with Crippen LogP contribution in [-0.2, 0) is 14.3 Å². The lowest BCUT2D eigenvalue weighted by Crippen LogP contribution is -2.60. The molecule has 2 bridgehead atoms. The summed E-state index contributed by atoms with van der Waals surface area (Å²) in [5.41, 5.74) is -0.0782. The third kappa shape index (κ3) is 5.36. The summed E-state index contributed by atoms with van der Waals surface area (Å²) >= 11 is 0. The topological polar surface area (TPSA) is 88.2 Å². The van der Waals surface area contributed by atoms with Crippen LogP contribution in [0.1, 0.15) is 58.1 Å². The summed E-state index contributed by atoms with van der Waals surface area (Å²) in [5, 5.41) is 2.80. The lowest BCUT2D eigenvalue weighted by molar-refractivity contribution is -0.170. The van der Waals surface area contributed by atoms with E-state index in [1.165, 1.54) is 12.0 Å². The van der Waals surface area contributed by atoms with Gasteiger partial charge in [-0.2, -0.15) is 0 Å². The van der Waals surface area contributed by atoms with Crippen molar-refractivity contribution in [2.24, 2.45) is 5.92 Å². The second kappa shape index (κ2) is 9.28. The maximum atomic E-state index is 13.5. The van der Waals surface area contributed by atoms with Gasteiger partial charge in [-0.3, -0.25) is 9.59 Å². The Labute approximate surface area is 203 Å². The van der Waals surface area contributed by atoms with Crippen LogP contribution in [0, 0.1) is 5.92 Å². The molecule has 3 saturated heterocycles. The Bertz CT molecular complexity index is 988. The summed E-state index contributed by atoms with van der Waals surface area (Å²) in [6.07, 6.45) is 1.22. The van der Waals surface area contributed by atoms with Gasteiger partial charge in [0.1, 0.15) is 11.4 Å². The van der Waals surface area contributed by atoms with Crippen molar-refractivity contribution < 1.29 is 32.6 Å². The molecule has 1 aromatic rings. The zero-order chi connectivity index (χ0) is 25.5. The number of alkyl carbamates (subject to hydrolysis) is 1. The summed E-state index contributed by atoms with van der Waals surface area (Å²) in [6, 6.07) is 5.99. The zero-order valence-electron chi connectivity index (χ0n) is 20.6. The molecule has 0 spiro atoms. The lowest BCUT2D eigenvalue weighted by atomic mass is 9.87. The number of ether oxygens (including phenoxy) is 2. The largest absolute Gasteiger partial charge is 0.496 e. The summed E-state index contributed by atoms with van der Waals surface area (Å²) in [5.74, 6) is -3.25. The van der Waals surface area contributed by atoms with E-state index in [1.54, 1.807) is 49.9 Å². The quantitative estimate of drug-likeness (QED) is 0.655. The number of methoxy groups -OCH3 is 1. The molecule has 1 aromatic carbocycles. The first-order valence-electron chi connectivity index (χ1n) is 12.0. The normalized spacial score (nSPS) is 25.6. The van der Waals surface area contributed by atoms with Gasteiger partial charge in [0.25, 0.3) is 5.92 Å². The minimum absolute atomic E-state index is 0.0463. The number of halogens is 2. The van der Waals surface area contributed by atoms with Crippen LogP contribution in [0.25, 0.3) is 0 Å². The fourth-order valence-electron chi connectivity index (χ4n) is 5.47. The van der Waals surface area contributed by atoms with Gasteiger partial charge in [0.05, 0.1) is 38.6 Å². The Morgan fingerprint density at radius 1 is 1.17 bits per heavy atom. The molecule has 1 unspecified atom stereocenters. The van der Waals surface area contributed by atoms with Gasteiger partial charge < -0.3 is 24.6 Å². The van der Waals surface area contributed by atoms with E-state index in [-0.39, 0.29) is 30.3 Å². The van der Waals surface area contributed by atoms with Crippen molar-refractivity contribution in [3.63, 3.8) is 0 Å². The van der Waals surface area contributed by atoms with Gasteiger partial charge in [0.15, 0.2) is 0 Å². The Morgan fingerprint density at radius 2 is 1.86 bits per heavy atom. The third-order valence-electron chi connectivity index (χ3n) is 6.88. The fourth-order valence-corrected chi connectivity index (χ4v) is 5.47. The molecule has 10 heteroatoms. The summed E-state index contributed by atoms with van der Waals surface area (Å²) in [4.78, 5) is 41.9. The van der Waals surface area contributed by atoms with Crippen molar-refractivity contribution in [1.29, 1.82) is 0 Å². The number of benzene rings is 1. The number of nitrogens with zero attached hydrogens (tertiary/aromatic N) is 2. The van der Waals surface area contributed by atoms with Crippen LogP contribution in [0.5, 0.6) is 5.75 Å². The molecule has 8 nitrogen and oxygen atoms in total. The van der Waals surface area contributed by atoms with Gasteiger partial charge in [0.2, 0.25) is 11.8 Å². The molecule has 3 heterocycles. The van der Waals surface area contributed by atoms with Crippen LogP contribution in [0.3, 0.4) is 0 Å². The molecule has 35 heavy (non-hydrogen) atoms. The van der Waals surface area contributed by atoms with Gasteiger partial charge in [-0.05, 0) is 46.1 Å². The number of carbonyl (C=O) groups is 3. The van der Waals surface area contributed by atoms with E-state index in [9.17, 15) is 23.2 Å². The smallest absolute Gasteiger partial charge is 0.408 e. The number of carbonyl (C=O) groups excluding carboxylic acids is 3. The molecule has 0 aromatic heterocycles. The highest BCUT2D eigenvalue weighted by atomic mass is 19.3. The molecule has 4 rings (SSSR count). The average molecular weight is 494 g/mol. The van der Waals surface area contributed by atoms with E-state index in [1.807, 2.05) is 0 Å². The van der Waals surface area contributed by atoms with E-state index in [0.29, 0.717) is 24.2 Å². The van der Waals surface area contributed by atoms with Crippen molar-refractivity contribution in [1.82, 2.24) is 15.1 Å². The average Bonchev–Trinajstić information content (AvgIpc) is 3.33. The standard InChI is InChI=1S/C25H33F2N3O5/c1-24(2,3)35-23(33)28-18(16-7-5-6-8-20(16)34-4)12-21(31)30-15-9-10-19(30)17(11-15)22(32)29-13-25(26,27)14-29/h5-8,15,17-19H,9-14H2,1-4H3,(H,28,33)/t15-,17-,18?,19+/m0/s1. The Morgan fingerprint density at radius 3 is 2.49 bits per heavy atom. The van der Waals surface area contributed by atoms with Gasteiger partial charge >= 0.3 is 6.09 Å². The second-order valence-electron chi connectivity index (χ2n) is 10.6. The highest BCUT2D eigenvalue weighted by Crippen LogP contribution is 2.44. The molecule has 192 valence electrons. The van der Waals surface area contributed by atoms with Crippen molar-refractivity contribution >= 4 is 17.9 Å². The zero-order valence-corrected chi connectivity index (χ0v) is 20.6. The SMILES string of the molecule is COc1ccccc1C(CC(=O)N1[C@H]2CC[C@@H]1[C@@H](C(=O)N1CC(F)(F)C1)C2)NC(=O)OC(C)(C)C. The van der Waals surface area contributed by atoms with Crippen LogP contribution < -0.4 is 10.1 Å². The maximum Gasteiger partial charge on any atom is 0.408 e. The number of hydrogen-bond acceptors (Lipinski definition) is 5. The number of rotatable bonds is 6. The van der Waals surface area contributed by atoms with Gasteiger partial charge in [-0.25, -0.2) is 13.6 Å². The van der Waals surface area contributed by atoms with Crippen LogP contribution in [0.4, 0.5) is 13.6 Å². The summed E-state index contributed by atoms with van der Waals surface area (Å²) in [7, 11) is 1.52. The van der Waals surface area contributed by atoms with Crippen LogP contribution >= 0.6 is 0 Å². The number of likely N-dealkylation sites (tertiary alicyclic amines) is 1. The van der Waals surface area contributed by atoms with Crippen LogP contribution in [0.15, 0.2) is 24.3 Å². The molecule has 0 aliphatic carbocycles. The van der Waals surface area contributed by atoms with Crippen molar-refractivity contribution in [2.45, 2.75) is 76.1 Å². The first kappa shape index (κ1) is 25.2. The van der Waals surface area contributed by atoms with Crippen LogP contribution in [-0.4, -0.2) is 71.5 Å². The summed E-state index contributed by atoms with van der Waals surface area (Å²) < 4.78 is 37.4. The predicted molar refractivity (Wildman–Crippen MR) is 123 cm³/mol. The molecule has 1 N–H and O–H groups in total. The van der Waals surface area contributed by atoms with E-state index in [4.69, 9.17) is 9.47 Å². The molecule has 3 amide bonds. The number of nitrogens with one attached hydrogen (secondary N) is 1. The summed E-state index contributed by atoms with van der Waals surface area (Å²) in [6.45, 7) is 4.15. The molecule has 3 aliphatic heterocycles. The predicted octanol–water partition coefficient (Wildman–Crippen LogP) is 3.51. The third-order valence-corrected chi connectivity index (χ3v) is 6.88. The number of alkyl halides is 2. The molecule has 0 radical (unpaired) electrons. The van der Waals surface area contributed by atoms with Gasteiger partial charge in [-0.15, -0.1) is 0 Å². The minimum atomic E-state index is -2.82. The van der Waals surface area contributed by atoms with Gasteiger partial charge in [-0.1, -0.05) is 18.2 Å². The fraction of sp³-hybridized carbons (Fsp3) is 0.640. The van der Waals surface area contributed by atoms with Crippen LogP contribution in [0.2, 0.25) is 0 Å². The maximum absolute atomic E-state index is 13.5. The number of para-hydroxylation sites is 1. The Kier molecular flexibility index (Phi) is 6.68. The molecule has 3 aliphatic rings. The van der Waals surface area contributed by atoms with Crippen molar-refractivity contribution in [3.05, 3.63) is 29.8 Å². The molecule has 4 atom stereocenters. The highest BCUT2D eigenvalue weighted by Gasteiger charge is 2.55. The molecular formula is C25H33F2N3O5. The molecule has 3 fully saturated rings. The van der Waals surface area contributed by atoms with E-state index in [0.717, 1.165) is 6.42 Å². The second-order valence-corrected chi connectivity index (χ2v) is 10.6. The first-order valence-corrected chi connectivity index (χ1v) is 12.0. The van der Waals surface area contributed by atoms with E-state index < -0.39 is 42.7 Å². The van der Waals surface area contributed by atoms with Crippen molar-refractivity contribution in [2.75, 3.05) is 20.2 Å². The number of fused-ring (bicyclic) bond motifs is 2.